The van der Waals surface area contributed by atoms with Gasteiger partial charge in [0.1, 0.15) is 11.3 Å². The van der Waals surface area contributed by atoms with Crippen LogP contribution in [0, 0.1) is 5.82 Å². The molecule has 26 heavy (non-hydrogen) atoms. The Morgan fingerprint density at radius 2 is 1.96 bits per heavy atom. The molecule has 1 aromatic carbocycles. The largest absolute Gasteiger partial charge is 0.293 e. The third-order valence-corrected chi connectivity index (χ3v) is 4.62. The van der Waals surface area contributed by atoms with E-state index in [1.807, 2.05) is 34.6 Å². The van der Waals surface area contributed by atoms with Gasteiger partial charge >= 0.3 is 0 Å². The van der Waals surface area contributed by atoms with Crippen LogP contribution in [0.2, 0.25) is 5.02 Å². The van der Waals surface area contributed by atoms with E-state index in [0.29, 0.717) is 5.52 Å². The number of hydrogen-bond donors (Lipinski definition) is 0. The highest BCUT2D eigenvalue weighted by Gasteiger charge is 2.24. The fourth-order valence-corrected chi connectivity index (χ4v) is 3.19. The molecule has 0 aliphatic carbocycles. The maximum Gasteiger partial charge on any atom is 0.293 e. The molecule has 0 saturated carbocycles. The SMILES string of the molecule is CC(C)c1nn(Cc2c(F)cccc2Cl)c(=O)c2c1cnn2C(C)(C)C. The molecule has 0 fully saturated rings. The van der Waals surface area contributed by atoms with Crippen molar-refractivity contribution in [1.82, 2.24) is 19.6 Å². The molecule has 0 atom stereocenters. The molecule has 0 bridgehead atoms. The van der Waals surface area contributed by atoms with E-state index in [4.69, 9.17) is 11.6 Å². The van der Waals surface area contributed by atoms with Crippen LogP contribution in [-0.2, 0) is 12.1 Å². The van der Waals surface area contributed by atoms with Gasteiger partial charge in [0, 0.05) is 16.0 Å². The first-order valence-electron chi connectivity index (χ1n) is 8.53. The zero-order valence-electron chi connectivity index (χ0n) is 15.5. The van der Waals surface area contributed by atoms with Gasteiger partial charge in [-0.05, 0) is 38.8 Å². The van der Waals surface area contributed by atoms with Crippen LogP contribution in [0.25, 0.3) is 10.9 Å². The van der Waals surface area contributed by atoms with Crippen molar-refractivity contribution in [1.29, 1.82) is 0 Å². The summed E-state index contributed by atoms with van der Waals surface area (Å²) < 4.78 is 17.2. The Morgan fingerprint density at radius 3 is 2.54 bits per heavy atom. The quantitative estimate of drug-likeness (QED) is 0.684. The van der Waals surface area contributed by atoms with Crippen molar-refractivity contribution in [3.63, 3.8) is 0 Å². The van der Waals surface area contributed by atoms with Crippen molar-refractivity contribution >= 4 is 22.5 Å². The Hall–Kier alpha value is -2.21. The number of nitrogens with zero attached hydrogens (tertiary/aromatic N) is 4. The van der Waals surface area contributed by atoms with Gasteiger partial charge in [-0.3, -0.25) is 9.48 Å². The number of aromatic nitrogens is 4. The topological polar surface area (TPSA) is 52.7 Å². The molecule has 0 saturated heterocycles. The lowest BCUT2D eigenvalue weighted by atomic mass is 10.1. The van der Waals surface area contributed by atoms with Gasteiger partial charge < -0.3 is 0 Å². The zero-order valence-corrected chi connectivity index (χ0v) is 16.3. The van der Waals surface area contributed by atoms with Crippen LogP contribution in [0.4, 0.5) is 4.39 Å². The van der Waals surface area contributed by atoms with Crippen LogP contribution in [-0.4, -0.2) is 19.6 Å². The molecule has 0 spiro atoms. The van der Waals surface area contributed by atoms with Gasteiger partial charge in [-0.2, -0.15) is 10.2 Å². The number of rotatable bonds is 3. The predicted molar refractivity (Wildman–Crippen MR) is 101 cm³/mol. The fraction of sp³-hybridized carbons (Fsp3) is 0.421. The summed E-state index contributed by atoms with van der Waals surface area (Å²) in [4.78, 5) is 13.1. The second-order valence-electron chi connectivity index (χ2n) is 7.69. The molecule has 0 radical (unpaired) electrons. The van der Waals surface area contributed by atoms with E-state index in [0.717, 1.165) is 11.1 Å². The summed E-state index contributed by atoms with van der Waals surface area (Å²) in [6.07, 6.45) is 1.69. The summed E-state index contributed by atoms with van der Waals surface area (Å²) in [5.74, 6) is -0.375. The minimum Gasteiger partial charge on any atom is -0.265 e. The van der Waals surface area contributed by atoms with Crippen LogP contribution in [0.1, 0.15) is 51.8 Å². The molecule has 3 rings (SSSR count). The minimum atomic E-state index is -0.457. The van der Waals surface area contributed by atoms with Crippen LogP contribution >= 0.6 is 11.6 Å². The summed E-state index contributed by atoms with van der Waals surface area (Å²) in [7, 11) is 0. The molecule has 2 aromatic heterocycles. The van der Waals surface area contributed by atoms with Crippen molar-refractivity contribution in [2.75, 3.05) is 0 Å². The monoisotopic (exact) mass is 376 g/mol. The molecule has 0 aliphatic rings. The molecule has 5 nitrogen and oxygen atoms in total. The first kappa shape index (κ1) is 18.6. The van der Waals surface area contributed by atoms with Gasteiger partial charge in [-0.15, -0.1) is 0 Å². The summed E-state index contributed by atoms with van der Waals surface area (Å²) >= 11 is 6.13. The Bertz CT molecular complexity index is 1010. The average Bonchev–Trinajstić information content (AvgIpc) is 2.98. The maximum atomic E-state index is 14.2. The molecule has 0 amide bonds. The molecule has 138 valence electrons. The average molecular weight is 377 g/mol. The van der Waals surface area contributed by atoms with Crippen LogP contribution < -0.4 is 5.56 Å². The lowest BCUT2D eigenvalue weighted by Crippen LogP contribution is -2.31. The molecular formula is C19H22ClFN4O. The summed E-state index contributed by atoms with van der Waals surface area (Å²) in [6, 6.07) is 4.47. The van der Waals surface area contributed by atoms with Gasteiger partial charge in [0.2, 0.25) is 0 Å². The van der Waals surface area contributed by atoms with E-state index in [1.54, 1.807) is 16.9 Å². The smallest absolute Gasteiger partial charge is 0.265 e. The van der Waals surface area contributed by atoms with Gasteiger partial charge in [0.05, 0.1) is 24.0 Å². The first-order valence-corrected chi connectivity index (χ1v) is 8.91. The van der Waals surface area contributed by atoms with Gasteiger partial charge in [-0.1, -0.05) is 31.5 Å². The summed E-state index contributed by atoms with van der Waals surface area (Å²) in [6.45, 7) is 9.91. The Kier molecular flexibility index (Phi) is 4.65. The third kappa shape index (κ3) is 3.14. The predicted octanol–water partition coefficient (Wildman–Crippen LogP) is 4.31. The van der Waals surface area contributed by atoms with Gasteiger partial charge in [-0.25, -0.2) is 9.07 Å². The third-order valence-electron chi connectivity index (χ3n) is 4.26. The van der Waals surface area contributed by atoms with Crippen LogP contribution in [0.3, 0.4) is 0 Å². The van der Waals surface area contributed by atoms with Crippen molar-refractivity contribution < 1.29 is 4.39 Å². The Balaban J connectivity index is 2.30. The zero-order chi connectivity index (χ0) is 19.2. The highest BCUT2D eigenvalue weighted by atomic mass is 35.5. The highest BCUT2D eigenvalue weighted by molar-refractivity contribution is 6.31. The lowest BCUT2D eigenvalue weighted by molar-refractivity contribution is 0.366. The first-order chi connectivity index (χ1) is 12.1. The number of hydrogen-bond acceptors (Lipinski definition) is 3. The molecule has 7 heteroatoms. The second-order valence-corrected chi connectivity index (χ2v) is 8.10. The molecule has 3 aromatic rings. The van der Waals surface area contributed by atoms with Crippen LogP contribution in [0.5, 0.6) is 0 Å². The van der Waals surface area contributed by atoms with E-state index >= 15 is 0 Å². The van der Waals surface area contributed by atoms with Crippen LogP contribution in [0.15, 0.2) is 29.2 Å². The van der Waals surface area contributed by atoms with E-state index in [2.05, 4.69) is 10.2 Å². The van der Waals surface area contributed by atoms with E-state index < -0.39 is 5.82 Å². The van der Waals surface area contributed by atoms with E-state index in [-0.39, 0.29) is 34.1 Å². The Morgan fingerprint density at radius 1 is 1.27 bits per heavy atom. The van der Waals surface area contributed by atoms with E-state index in [1.165, 1.54) is 16.8 Å². The molecule has 0 N–H and O–H groups in total. The number of fused-ring (bicyclic) bond motifs is 1. The molecule has 0 unspecified atom stereocenters. The van der Waals surface area contributed by atoms with Crippen molar-refractivity contribution in [3.8, 4) is 0 Å². The second kappa shape index (κ2) is 6.50. The van der Waals surface area contributed by atoms with Gasteiger partial charge in [0.25, 0.3) is 5.56 Å². The van der Waals surface area contributed by atoms with Gasteiger partial charge in [0.15, 0.2) is 0 Å². The molecule has 2 heterocycles. The maximum absolute atomic E-state index is 14.2. The minimum absolute atomic E-state index is 0.0324. The fourth-order valence-electron chi connectivity index (χ4n) is 2.97. The summed E-state index contributed by atoms with van der Waals surface area (Å²) in [5.41, 5.74) is 0.797. The van der Waals surface area contributed by atoms with Crippen molar-refractivity contribution in [2.24, 2.45) is 0 Å². The molecular weight excluding hydrogens is 355 g/mol. The lowest BCUT2D eigenvalue weighted by Gasteiger charge is -2.21. The Labute approximate surface area is 156 Å². The highest BCUT2D eigenvalue weighted by Crippen LogP contribution is 2.25. The number of halogens is 2. The van der Waals surface area contributed by atoms with Crippen molar-refractivity contribution in [2.45, 2.75) is 52.6 Å². The normalized spacial score (nSPS) is 12.3. The van der Waals surface area contributed by atoms with Crippen molar-refractivity contribution in [3.05, 3.63) is 56.8 Å². The number of benzene rings is 1. The standard InChI is InChI=1S/C19H22ClFN4O/c1-11(2)16-12-9-22-25(19(3,4)5)17(12)18(26)24(23-16)10-13-14(20)7-6-8-15(13)21/h6-9,11H,10H2,1-5H3. The van der Waals surface area contributed by atoms with E-state index in [9.17, 15) is 9.18 Å². The summed E-state index contributed by atoms with van der Waals surface area (Å²) in [5, 5.41) is 9.92. The molecule has 0 aliphatic heterocycles.